The van der Waals surface area contributed by atoms with Crippen LogP contribution in [0.2, 0.25) is 0 Å². The maximum absolute atomic E-state index is 11.9. The Hall–Kier alpha value is -4.20. The third-order valence-electron chi connectivity index (χ3n) is 5.85. The van der Waals surface area contributed by atoms with Crippen molar-refractivity contribution in [3.05, 3.63) is 90.0 Å². The number of allylic oxidation sites excluding steroid dienone is 2. The predicted molar refractivity (Wildman–Crippen MR) is 164 cm³/mol. The summed E-state index contributed by atoms with van der Waals surface area (Å²) >= 11 is 0. The number of carbonyl (C=O) groups is 4. The minimum absolute atomic E-state index is 0.0433. The predicted octanol–water partition coefficient (Wildman–Crippen LogP) is 4.91. The highest BCUT2D eigenvalue weighted by Gasteiger charge is 2.20. The molecule has 8 nitrogen and oxygen atoms in total. The zero-order chi connectivity index (χ0) is 30.5. The van der Waals surface area contributed by atoms with Gasteiger partial charge < -0.3 is 21.1 Å². The van der Waals surface area contributed by atoms with Gasteiger partial charge in [-0.25, -0.2) is 4.79 Å². The lowest BCUT2D eigenvalue weighted by molar-refractivity contribution is -0.142. The van der Waals surface area contributed by atoms with Crippen molar-refractivity contribution < 1.29 is 24.3 Å². The second-order valence-corrected chi connectivity index (χ2v) is 10.3. The fourth-order valence-corrected chi connectivity index (χ4v) is 3.58. The molecule has 0 aliphatic carbocycles. The minimum Gasteiger partial charge on any atom is -0.480 e. The van der Waals surface area contributed by atoms with Gasteiger partial charge in [0, 0.05) is 13.0 Å². The van der Waals surface area contributed by atoms with E-state index in [9.17, 15) is 19.2 Å². The Morgan fingerprint density at radius 1 is 0.878 bits per heavy atom. The molecule has 2 rings (SSSR count). The van der Waals surface area contributed by atoms with Gasteiger partial charge in [0.25, 0.3) is 0 Å². The van der Waals surface area contributed by atoms with Crippen molar-refractivity contribution in [3.8, 4) is 0 Å². The van der Waals surface area contributed by atoms with Gasteiger partial charge in [-0.05, 0) is 49.7 Å². The molecule has 0 saturated heterocycles. The fraction of sp³-hybridized carbons (Fsp3) is 0.394. The Bertz CT molecular complexity index is 1110. The lowest BCUT2D eigenvalue weighted by Crippen LogP contribution is -2.43. The van der Waals surface area contributed by atoms with Crippen molar-refractivity contribution >= 4 is 29.8 Å². The Morgan fingerprint density at radius 2 is 1.51 bits per heavy atom. The summed E-state index contributed by atoms with van der Waals surface area (Å²) in [7, 11) is 0. The summed E-state index contributed by atoms with van der Waals surface area (Å²) in [6, 6.07) is 19.4. The van der Waals surface area contributed by atoms with Gasteiger partial charge in [0.2, 0.25) is 17.7 Å². The highest BCUT2D eigenvalue weighted by molar-refractivity contribution is 5.91. The van der Waals surface area contributed by atoms with E-state index in [0.717, 1.165) is 18.4 Å². The standard InChI is InChI=1S/C26H37N3O5.C7H8/c1-19(2)17-22(26(33)34)29-24(31)15-16-27-25(32)18-28-23(30)12-8-7-9-20(3)13-14-21-10-5-4-6-11-21;1-7-5-3-2-4-6-7/h4-6,8,10-14,19-20,22H,7,9,15-18H2,1-3H3,(H,27,32)(H,28,30)(H,29,31)(H,33,34);2-6H,1H3/b12-8+,14-13+;/t20?,22-;/m0./s1. The summed E-state index contributed by atoms with van der Waals surface area (Å²) < 4.78 is 0. The first-order valence-corrected chi connectivity index (χ1v) is 14.0. The Morgan fingerprint density at radius 3 is 2.07 bits per heavy atom. The van der Waals surface area contributed by atoms with E-state index in [-0.39, 0.29) is 31.3 Å². The molecule has 41 heavy (non-hydrogen) atoms. The van der Waals surface area contributed by atoms with Crippen LogP contribution < -0.4 is 16.0 Å². The Kier molecular flexibility index (Phi) is 17.6. The first-order chi connectivity index (χ1) is 19.6. The largest absolute Gasteiger partial charge is 0.480 e. The highest BCUT2D eigenvalue weighted by atomic mass is 16.4. The van der Waals surface area contributed by atoms with E-state index < -0.39 is 23.8 Å². The van der Waals surface area contributed by atoms with Crippen LogP contribution in [0.1, 0.15) is 57.6 Å². The molecule has 3 amide bonds. The number of rotatable bonds is 15. The maximum Gasteiger partial charge on any atom is 0.326 e. The maximum atomic E-state index is 11.9. The number of hydrogen-bond donors (Lipinski definition) is 4. The SMILES string of the molecule is CC(C)C[C@H](NC(=O)CCNC(=O)CNC(=O)/C=C/CCC(C)/C=C/c1ccccc1)C(=O)O.Cc1ccccc1. The molecule has 0 spiro atoms. The number of carboxylic acids is 1. The Balaban J connectivity index is 0.00000104. The number of aliphatic carboxylic acids is 1. The van der Waals surface area contributed by atoms with Crippen LogP contribution in [0.15, 0.2) is 78.9 Å². The molecule has 1 unspecified atom stereocenters. The average molecular weight is 564 g/mol. The molecule has 0 fully saturated rings. The summed E-state index contributed by atoms with van der Waals surface area (Å²) in [6.45, 7) is 7.79. The summed E-state index contributed by atoms with van der Waals surface area (Å²) in [6.07, 6.45) is 9.34. The molecule has 2 aromatic rings. The molecule has 4 N–H and O–H groups in total. The van der Waals surface area contributed by atoms with Gasteiger partial charge in [0.1, 0.15) is 6.04 Å². The molecule has 8 heteroatoms. The van der Waals surface area contributed by atoms with Gasteiger partial charge in [0.05, 0.1) is 6.54 Å². The number of carboxylic acid groups (broad SMARTS) is 1. The minimum atomic E-state index is -1.08. The smallest absolute Gasteiger partial charge is 0.326 e. The first kappa shape index (κ1) is 34.8. The summed E-state index contributed by atoms with van der Waals surface area (Å²) in [4.78, 5) is 46.7. The molecule has 2 atom stereocenters. The van der Waals surface area contributed by atoms with Gasteiger partial charge in [-0.3, -0.25) is 14.4 Å². The monoisotopic (exact) mass is 563 g/mol. The summed E-state index contributed by atoms with van der Waals surface area (Å²) in [5.74, 6) is -1.83. The van der Waals surface area contributed by atoms with Crippen molar-refractivity contribution in [1.29, 1.82) is 0 Å². The van der Waals surface area contributed by atoms with Crippen LogP contribution in [-0.2, 0) is 19.2 Å². The summed E-state index contributed by atoms with van der Waals surface area (Å²) in [5, 5.41) is 16.6. The van der Waals surface area contributed by atoms with Gasteiger partial charge in [-0.1, -0.05) is 105 Å². The van der Waals surface area contributed by atoms with Crippen LogP contribution in [0.5, 0.6) is 0 Å². The van der Waals surface area contributed by atoms with Crippen molar-refractivity contribution in [3.63, 3.8) is 0 Å². The van der Waals surface area contributed by atoms with Crippen molar-refractivity contribution in [2.75, 3.05) is 13.1 Å². The van der Waals surface area contributed by atoms with E-state index in [1.54, 1.807) is 6.08 Å². The second-order valence-electron chi connectivity index (χ2n) is 10.3. The van der Waals surface area contributed by atoms with Gasteiger partial charge in [-0.2, -0.15) is 0 Å². The van der Waals surface area contributed by atoms with Gasteiger partial charge >= 0.3 is 5.97 Å². The van der Waals surface area contributed by atoms with E-state index >= 15 is 0 Å². The topological polar surface area (TPSA) is 125 Å². The molecular weight excluding hydrogens is 518 g/mol. The molecule has 2 aromatic carbocycles. The van der Waals surface area contributed by atoms with Gasteiger partial charge in [0.15, 0.2) is 0 Å². The fourth-order valence-electron chi connectivity index (χ4n) is 3.58. The molecular formula is C33H45N3O5. The van der Waals surface area contributed by atoms with Crippen LogP contribution in [0, 0.1) is 18.8 Å². The summed E-state index contributed by atoms with van der Waals surface area (Å²) in [5.41, 5.74) is 2.47. The highest BCUT2D eigenvalue weighted by Crippen LogP contribution is 2.11. The number of amides is 3. The van der Waals surface area contributed by atoms with E-state index in [1.165, 1.54) is 11.6 Å². The number of hydrogen-bond acceptors (Lipinski definition) is 4. The number of benzene rings is 2. The molecule has 0 aromatic heterocycles. The van der Waals surface area contributed by atoms with Crippen LogP contribution in [0.4, 0.5) is 0 Å². The third kappa shape index (κ3) is 18.7. The van der Waals surface area contributed by atoms with Crippen LogP contribution >= 0.6 is 0 Å². The van der Waals surface area contributed by atoms with Crippen LogP contribution in [0.3, 0.4) is 0 Å². The third-order valence-corrected chi connectivity index (χ3v) is 5.85. The zero-order valence-corrected chi connectivity index (χ0v) is 24.6. The molecule has 0 aliphatic rings. The van der Waals surface area contributed by atoms with E-state index in [4.69, 9.17) is 5.11 Å². The lowest BCUT2D eigenvalue weighted by Gasteiger charge is -2.16. The first-order valence-electron chi connectivity index (χ1n) is 14.0. The number of nitrogens with one attached hydrogen (secondary N) is 3. The molecule has 0 radical (unpaired) electrons. The second kappa shape index (κ2) is 20.7. The van der Waals surface area contributed by atoms with E-state index in [1.807, 2.05) is 62.4 Å². The van der Waals surface area contributed by atoms with Crippen molar-refractivity contribution in [2.24, 2.45) is 11.8 Å². The molecule has 0 saturated carbocycles. The molecule has 0 bridgehead atoms. The van der Waals surface area contributed by atoms with E-state index in [0.29, 0.717) is 12.3 Å². The van der Waals surface area contributed by atoms with Crippen molar-refractivity contribution in [1.82, 2.24) is 16.0 Å². The molecule has 222 valence electrons. The normalized spacial score (nSPS) is 12.3. The van der Waals surface area contributed by atoms with E-state index in [2.05, 4.69) is 54.1 Å². The number of carbonyl (C=O) groups excluding carboxylic acids is 3. The lowest BCUT2D eigenvalue weighted by atomic mass is 10.0. The quantitative estimate of drug-likeness (QED) is 0.229. The zero-order valence-electron chi connectivity index (χ0n) is 24.6. The van der Waals surface area contributed by atoms with Gasteiger partial charge in [-0.15, -0.1) is 0 Å². The molecule has 0 heterocycles. The molecule has 0 aliphatic heterocycles. The van der Waals surface area contributed by atoms with Crippen molar-refractivity contribution in [2.45, 2.75) is 59.4 Å². The number of aryl methyl sites for hydroxylation is 1. The van der Waals surface area contributed by atoms with Crippen LogP contribution in [-0.4, -0.2) is 47.9 Å². The van der Waals surface area contributed by atoms with Crippen LogP contribution in [0.25, 0.3) is 6.08 Å². The Labute approximate surface area is 244 Å². The average Bonchev–Trinajstić information content (AvgIpc) is 2.94.